The maximum absolute atomic E-state index is 6.23. The van der Waals surface area contributed by atoms with Crippen molar-refractivity contribution in [1.29, 1.82) is 0 Å². The molecule has 0 aliphatic heterocycles. The van der Waals surface area contributed by atoms with Crippen molar-refractivity contribution >= 4 is 40.2 Å². The highest BCUT2D eigenvalue weighted by molar-refractivity contribution is 7.80. The minimum Gasteiger partial charge on any atom is -0.497 e. The summed E-state index contributed by atoms with van der Waals surface area (Å²) >= 11 is 11.3. The molecule has 5 heteroatoms. The van der Waals surface area contributed by atoms with Gasteiger partial charge in [-0.1, -0.05) is 29.9 Å². The Bertz CT molecular complexity index is 658. The van der Waals surface area contributed by atoms with Crippen LogP contribution in [0.15, 0.2) is 36.4 Å². The van der Waals surface area contributed by atoms with E-state index in [1.807, 2.05) is 43.3 Å². The number of aryl methyl sites for hydroxylation is 1. The summed E-state index contributed by atoms with van der Waals surface area (Å²) < 4.78 is 5.22. The van der Waals surface area contributed by atoms with Crippen LogP contribution in [0.5, 0.6) is 5.75 Å². The fourth-order valence-electron chi connectivity index (χ4n) is 1.84. The topological polar surface area (TPSA) is 47.3 Å². The lowest BCUT2D eigenvalue weighted by Crippen LogP contribution is -2.12. The highest BCUT2D eigenvalue weighted by Gasteiger charge is 2.09. The highest BCUT2D eigenvalue weighted by atomic mass is 35.5. The van der Waals surface area contributed by atoms with Crippen molar-refractivity contribution in [3.05, 3.63) is 52.5 Å². The Morgan fingerprint density at radius 2 is 1.95 bits per heavy atom. The standard InChI is InChI=1S/C15H15ClN2OS/c1-9-3-6-13(12(16)7-9)18-14-8-10(19-2)4-5-11(14)15(17)20/h3-8,18H,1-2H3,(H2,17,20). The van der Waals surface area contributed by atoms with Crippen LogP contribution in [0, 0.1) is 6.92 Å². The molecule has 3 nitrogen and oxygen atoms in total. The number of hydrogen-bond acceptors (Lipinski definition) is 3. The number of anilines is 2. The first kappa shape index (κ1) is 14.6. The second kappa shape index (κ2) is 6.11. The average Bonchev–Trinajstić information content (AvgIpc) is 2.41. The number of halogens is 1. The molecule has 2 aromatic carbocycles. The SMILES string of the molecule is COc1ccc(C(N)=S)c(Nc2ccc(C)cc2Cl)c1. The van der Waals surface area contributed by atoms with Gasteiger partial charge in [-0.15, -0.1) is 0 Å². The molecule has 0 aliphatic carbocycles. The molecule has 3 N–H and O–H groups in total. The van der Waals surface area contributed by atoms with Crippen LogP contribution >= 0.6 is 23.8 Å². The minimum absolute atomic E-state index is 0.318. The molecule has 104 valence electrons. The van der Waals surface area contributed by atoms with E-state index in [9.17, 15) is 0 Å². The van der Waals surface area contributed by atoms with E-state index in [2.05, 4.69) is 5.32 Å². The molecule has 0 unspecified atom stereocenters. The summed E-state index contributed by atoms with van der Waals surface area (Å²) in [5.41, 5.74) is 9.15. The smallest absolute Gasteiger partial charge is 0.120 e. The summed E-state index contributed by atoms with van der Waals surface area (Å²) in [6, 6.07) is 11.3. The number of benzene rings is 2. The third-order valence-electron chi connectivity index (χ3n) is 2.89. The predicted molar refractivity (Wildman–Crippen MR) is 88.4 cm³/mol. The van der Waals surface area contributed by atoms with E-state index < -0.39 is 0 Å². The van der Waals surface area contributed by atoms with Gasteiger partial charge in [0.15, 0.2) is 0 Å². The van der Waals surface area contributed by atoms with Crippen molar-refractivity contribution < 1.29 is 4.74 Å². The molecule has 0 spiro atoms. The first-order chi connectivity index (χ1) is 9.51. The molecule has 0 saturated heterocycles. The molecule has 20 heavy (non-hydrogen) atoms. The van der Waals surface area contributed by atoms with Crippen LogP contribution in [0.1, 0.15) is 11.1 Å². The van der Waals surface area contributed by atoms with Gasteiger partial charge in [0.25, 0.3) is 0 Å². The van der Waals surface area contributed by atoms with Crippen LogP contribution in [-0.2, 0) is 0 Å². The van der Waals surface area contributed by atoms with Crippen molar-refractivity contribution in [3.8, 4) is 5.75 Å². The summed E-state index contributed by atoms with van der Waals surface area (Å²) in [5.74, 6) is 0.718. The quantitative estimate of drug-likeness (QED) is 0.837. The number of rotatable bonds is 4. The zero-order valence-corrected chi connectivity index (χ0v) is 12.8. The van der Waals surface area contributed by atoms with E-state index in [0.717, 1.165) is 28.3 Å². The van der Waals surface area contributed by atoms with Crippen molar-refractivity contribution in [1.82, 2.24) is 0 Å². The molecule has 0 atom stereocenters. The van der Waals surface area contributed by atoms with E-state index in [4.69, 9.17) is 34.3 Å². The van der Waals surface area contributed by atoms with Gasteiger partial charge >= 0.3 is 0 Å². The predicted octanol–water partition coefficient (Wildman–Crippen LogP) is 4.03. The Hall–Kier alpha value is -1.78. The number of ether oxygens (including phenoxy) is 1. The van der Waals surface area contributed by atoms with E-state index in [-0.39, 0.29) is 0 Å². The van der Waals surface area contributed by atoms with Gasteiger partial charge in [0.1, 0.15) is 10.7 Å². The van der Waals surface area contributed by atoms with Crippen molar-refractivity contribution in [3.63, 3.8) is 0 Å². The summed E-state index contributed by atoms with van der Waals surface area (Å²) in [6.07, 6.45) is 0. The second-order valence-electron chi connectivity index (χ2n) is 4.38. The van der Waals surface area contributed by atoms with Gasteiger partial charge in [0.05, 0.1) is 23.5 Å². The summed E-state index contributed by atoms with van der Waals surface area (Å²) in [7, 11) is 1.61. The van der Waals surface area contributed by atoms with E-state index in [1.165, 1.54) is 0 Å². The molecular weight excluding hydrogens is 292 g/mol. The van der Waals surface area contributed by atoms with Crippen LogP contribution in [0.3, 0.4) is 0 Å². The fourth-order valence-corrected chi connectivity index (χ4v) is 2.30. The Balaban J connectivity index is 2.43. The highest BCUT2D eigenvalue weighted by Crippen LogP contribution is 2.30. The number of nitrogens with two attached hydrogens (primary N) is 1. The Morgan fingerprint density at radius 3 is 2.55 bits per heavy atom. The number of methoxy groups -OCH3 is 1. The van der Waals surface area contributed by atoms with Gasteiger partial charge in [0.2, 0.25) is 0 Å². The van der Waals surface area contributed by atoms with E-state index in [1.54, 1.807) is 7.11 Å². The first-order valence-electron chi connectivity index (χ1n) is 6.02. The molecule has 0 radical (unpaired) electrons. The van der Waals surface area contributed by atoms with Crippen molar-refractivity contribution in [2.45, 2.75) is 6.92 Å². The van der Waals surface area contributed by atoms with Crippen LogP contribution in [0.2, 0.25) is 5.02 Å². The van der Waals surface area contributed by atoms with Gasteiger partial charge in [-0.05, 0) is 36.8 Å². The van der Waals surface area contributed by atoms with Crippen molar-refractivity contribution in [2.24, 2.45) is 5.73 Å². The summed E-state index contributed by atoms with van der Waals surface area (Å²) in [5, 5.41) is 3.89. The normalized spacial score (nSPS) is 10.2. The monoisotopic (exact) mass is 306 g/mol. The molecule has 0 amide bonds. The molecule has 0 aromatic heterocycles. The van der Waals surface area contributed by atoms with Gasteiger partial charge in [-0.3, -0.25) is 0 Å². The zero-order chi connectivity index (χ0) is 14.7. The van der Waals surface area contributed by atoms with Crippen LogP contribution in [0.25, 0.3) is 0 Å². The lowest BCUT2D eigenvalue weighted by Gasteiger charge is -2.14. The first-order valence-corrected chi connectivity index (χ1v) is 6.81. The maximum atomic E-state index is 6.23. The van der Waals surface area contributed by atoms with Gasteiger partial charge < -0.3 is 15.8 Å². The number of hydrogen-bond donors (Lipinski definition) is 2. The molecule has 0 fully saturated rings. The van der Waals surface area contributed by atoms with Gasteiger partial charge in [0, 0.05) is 11.6 Å². The van der Waals surface area contributed by atoms with E-state index >= 15 is 0 Å². The third-order valence-corrected chi connectivity index (χ3v) is 3.42. The molecule has 2 aromatic rings. The Morgan fingerprint density at radius 1 is 1.20 bits per heavy atom. The molecular formula is C15H15ClN2OS. The molecule has 0 saturated carbocycles. The number of thiocarbonyl (C=S) groups is 1. The summed E-state index contributed by atoms with van der Waals surface area (Å²) in [6.45, 7) is 1.99. The lowest BCUT2D eigenvalue weighted by molar-refractivity contribution is 0.415. The Labute approximate surface area is 128 Å². The molecule has 2 rings (SSSR count). The van der Waals surface area contributed by atoms with E-state index in [0.29, 0.717) is 10.0 Å². The molecule has 0 bridgehead atoms. The average molecular weight is 307 g/mol. The van der Waals surface area contributed by atoms with Crippen LogP contribution in [-0.4, -0.2) is 12.1 Å². The third kappa shape index (κ3) is 3.21. The second-order valence-corrected chi connectivity index (χ2v) is 5.23. The van der Waals surface area contributed by atoms with Gasteiger partial charge in [-0.25, -0.2) is 0 Å². The van der Waals surface area contributed by atoms with Gasteiger partial charge in [-0.2, -0.15) is 0 Å². The lowest BCUT2D eigenvalue weighted by atomic mass is 10.1. The molecule has 0 heterocycles. The maximum Gasteiger partial charge on any atom is 0.120 e. The minimum atomic E-state index is 0.318. The van der Waals surface area contributed by atoms with Crippen molar-refractivity contribution in [2.75, 3.05) is 12.4 Å². The zero-order valence-electron chi connectivity index (χ0n) is 11.2. The fraction of sp³-hybridized carbons (Fsp3) is 0.133. The largest absolute Gasteiger partial charge is 0.497 e. The molecule has 0 aliphatic rings. The Kier molecular flexibility index (Phi) is 4.47. The summed E-state index contributed by atoms with van der Waals surface area (Å²) in [4.78, 5) is 0.318. The van der Waals surface area contributed by atoms with Crippen LogP contribution in [0.4, 0.5) is 11.4 Å². The number of nitrogens with one attached hydrogen (secondary N) is 1. The van der Waals surface area contributed by atoms with Crippen LogP contribution < -0.4 is 15.8 Å².